The third-order valence-corrected chi connectivity index (χ3v) is 1.74. The van der Waals surface area contributed by atoms with Gasteiger partial charge in [0, 0.05) is 6.42 Å². The summed E-state index contributed by atoms with van der Waals surface area (Å²) in [6.45, 7) is 0. The van der Waals surface area contributed by atoms with E-state index in [-0.39, 0.29) is 18.4 Å². The van der Waals surface area contributed by atoms with E-state index in [2.05, 4.69) is 0 Å². The molecule has 0 bridgehead atoms. The van der Waals surface area contributed by atoms with Gasteiger partial charge in [-0.3, -0.25) is 0 Å². The van der Waals surface area contributed by atoms with Crippen LogP contribution in [0.2, 0.25) is 0 Å². The van der Waals surface area contributed by atoms with Gasteiger partial charge in [0.25, 0.3) is 0 Å². The molecule has 0 fully saturated rings. The van der Waals surface area contributed by atoms with Gasteiger partial charge in [0.05, 0.1) is 18.2 Å². The Kier molecular flexibility index (Phi) is 2.26. The number of carbonyl (C=O) groups is 1. The van der Waals surface area contributed by atoms with E-state index in [9.17, 15) is 9.90 Å². The van der Waals surface area contributed by atoms with Crippen LogP contribution >= 0.6 is 0 Å². The van der Waals surface area contributed by atoms with Crippen LogP contribution in [0.5, 0.6) is 0 Å². The van der Waals surface area contributed by atoms with Crippen LogP contribution < -0.4 is 5.11 Å². The van der Waals surface area contributed by atoms with Gasteiger partial charge in [0.15, 0.2) is 0 Å². The van der Waals surface area contributed by atoms with E-state index in [1.165, 1.54) is 6.08 Å². The Hall–Kier alpha value is -0.870. The second-order valence-corrected chi connectivity index (χ2v) is 2.59. The molecule has 0 aliphatic heterocycles. The van der Waals surface area contributed by atoms with Crippen LogP contribution in [0.25, 0.3) is 0 Å². The third kappa shape index (κ3) is 1.78. The number of rotatable bonds is 1. The molecule has 0 spiro atoms. The van der Waals surface area contributed by atoms with Crippen LogP contribution in [0.15, 0.2) is 11.6 Å². The Morgan fingerprint density at radius 3 is 2.64 bits per heavy atom. The van der Waals surface area contributed by atoms with Crippen LogP contribution in [-0.2, 0) is 4.79 Å². The van der Waals surface area contributed by atoms with Gasteiger partial charge in [0.2, 0.25) is 0 Å². The van der Waals surface area contributed by atoms with Crippen molar-refractivity contribution in [3.8, 4) is 0 Å². The van der Waals surface area contributed by atoms with Crippen molar-refractivity contribution in [3.05, 3.63) is 11.6 Å². The minimum absolute atomic E-state index is 0.0243. The minimum atomic E-state index is -1.27. The van der Waals surface area contributed by atoms with Crippen LogP contribution in [0, 0.1) is 0 Å². The van der Waals surface area contributed by atoms with Crippen LogP contribution in [0.3, 0.4) is 0 Å². The van der Waals surface area contributed by atoms with Crippen molar-refractivity contribution in [1.82, 2.24) is 0 Å². The smallest absolute Gasteiger partial charge is 0.0842 e. The summed E-state index contributed by atoms with van der Waals surface area (Å²) in [4.78, 5) is 10.2. The summed E-state index contributed by atoms with van der Waals surface area (Å²) >= 11 is 0. The first kappa shape index (κ1) is 8.23. The monoisotopic (exact) mass is 157 g/mol. The van der Waals surface area contributed by atoms with Crippen molar-refractivity contribution < 1.29 is 20.1 Å². The van der Waals surface area contributed by atoms with E-state index in [4.69, 9.17) is 10.2 Å². The molecule has 0 unspecified atom stereocenters. The molecule has 1 aliphatic carbocycles. The maximum Gasteiger partial charge on any atom is 0.0842 e. The average Bonchev–Trinajstić information content (AvgIpc) is 1.94. The highest BCUT2D eigenvalue weighted by Gasteiger charge is 2.21. The van der Waals surface area contributed by atoms with Crippen molar-refractivity contribution in [2.75, 3.05) is 0 Å². The Morgan fingerprint density at radius 2 is 2.18 bits per heavy atom. The lowest BCUT2D eigenvalue weighted by Gasteiger charge is -2.23. The molecule has 0 heterocycles. The van der Waals surface area contributed by atoms with E-state index in [0.717, 1.165) is 0 Å². The van der Waals surface area contributed by atoms with Crippen LogP contribution in [-0.4, -0.2) is 28.4 Å². The number of aliphatic carboxylic acids is 1. The summed E-state index contributed by atoms with van der Waals surface area (Å²) in [5, 5.41) is 28.2. The zero-order valence-electron chi connectivity index (χ0n) is 5.86. The second-order valence-electron chi connectivity index (χ2n) is 2.59. The fourth-order valence-electron chi connectivity index (χ4n) is 1.03. The molecule has 0 aromatic rings. The summed E-state index contributed by atoms with van der Waals surface area (Å²) in [5.41, 5.74) is 0.0720. The summed E-state index contributed by atoms with van der Waals surface area (Å²) < 4.78 is 0. The van der Waals surface area contributed by atoms with E-state index >= 15 is 0 Å². The highest BCUT2D eigenvalue weighted by molar-refractivity contribution is 5.84. The first-order valence-electron chi connectivity index (χ1n) is 3.37. The molecule has 4 nitrogen and oxygen atoms in total. The topological polar surface area (TPSA) is 80.6 Å². The largest absolute Gasteiger partial charge is 0.545 e. The third-order valence-electron chi connectivity index (χ3n) is 1.74. The average molecular weight is 157 g/mol. The van der Waals surface area contributed by atoms with Crippen molar-refractivity contribution in [2.45, 2.75) is 25.0 Å². The van der Waals surface area contributed by atoms with E-state index < -0.39 is 18.2 Å². The van der Waals surface area contributed by atoms with Crippen LogP contribution in [0.1, 0.15) is 12.8 Å². The second kappa shape index (κ2) is 3.02. The van der Waals surface area contributed by atoms with Gasteiger partial charge < -0.3 is 20.1 Å². The Labute approximate surface area is 63.8 Å². The molecule has 0 saturated heterocycles. The number of hydrogen-bond acceptors (Lipinski definition) is 4. The molecule has 0 amide bonds. The molecule has 4 heteroatoms. The highest BCUT2D eigenvalue weighted by Crippen LogP contribution is 2.17. The minimum Gasteiger partial charge on any atom is -0.545 e. The fourth-order valence-corrected chi connectivity index (χ4v) is 1.03. The van der Waals surface area contributed by atoms with Gasteiger partial charge in [0.1, 0.15) is 0 Å². The molecule has 0 radical (unpaired) electrons. The predicted molar refractivity (Wildman–Crippen MR) is 34.3 cm³/mol. The Bertz CT molecular complexity index is 197. The number of aliphatic hydroxyl groups excluding tert-OH is 2. The first-order valence-corrected chi connectivity index (χ1v) is 3.37. The molecular formula is C7H9O4-. The van der Waals surface area contributed by atoms with Gasteiger partial charge >= 0.3 is 0 Å². The lowest BCUT2D eigenvalue weighted by atomic mass is 9.95. The number of carbonyl (C=O) groups excluding carboxylic acids is 1. The highest BCUT2D eigenvalue weighted by atomic mass is 16.4. The maximum absolute atomic E-state index is 10.2. The molecule has 0 saturated carbocycles. The zero-order valence-corrected chi connectivity index (χ0v) is 5.86. The van der Waals surface area contributed by atoms with Crippen molar-refractivity contribution in [1.29, 1.82) is 0 Å². The molecule has 2 N–H and O–H groups in total. The van der Waals surface area contributed by atoms with Gasteiger partial charge in [-0.2, -0.15) is 0 Å². The number of carboxylic acid groups (broad SMARTS) is 1. The molecule has 0 aromatic heterocycles. The SMILES string of the molecule is O=C([O-])C1=CC[C@@H](O)[C@H](O)C1. The molecule has 11 heavy (non-hydrogen) atoms. The lowest BCUT2D eigenvalue weighted by Crippen LogP contribution is -2.34. The van der Waals surface area contributed by atoms with E-state index in [1.807, 2.05) is 0 Å². The van der Waals surface area contributed by atoms with Gasteiger partial charge in [-0.25, -0.2) is 0 Å². The quantitative estimate of drug-likeness (QED) is 0.469. The molecule has 1 aliphatic rings. The molecule has 2 atom stereocenters. The Balaban J connectivity index is 2.66. The number of hydrogen-bond donors (Lipinski definition) is 2. The molecule has 62 valence electrons. The van der Waals surface area contributed by atoms with Crippen LogP contribution in [0.4, 0.5) is 0 Å². The van der Waals surface area contributed by atoms with Gasteiger partial charge in [-0.15, -0.1) is 0 Å². The molecule has 0 aromatic carbocycles. The normalized spacial score (nSPS) is 31.3. The fraction of sp³-hybridized carbons (Fsp3) is 0.571. The number of carboxylic acids is 1. The van der Waals surface area contributed by atoms with Crippen molar-refractivity contribution >= 4 is 5.97 Å². The van der Waals surface area contributed by atoms with Crippen molar-refractivity contribution in [2.24, 2.45) is 0 Å². The predicted octanol–water partition coefficient (Wildman–Crippen LogP) is -1.82. The molecule has 1 rings (SSSR count). The van der Waals surface area contributed by atoms with Gasteiger partial charge in [-0.1, -0.05) is 6.08 Å². The molecular weight excluding hydrogens is 148 g/mol. The Morgan fingerprint density at radius 1 is 1.55 bits per heavy atom. The summed E-state index contributed by atoms with van der Waals surface area (Å²) in [7, 11) is 0. The summed E-state index contributed by atoms with van der Waals surface area (Å²) in [6, 6.07) is 0. The maximum atomic E-state index is 10.2. The standard InChI is InChI=1S/C7H10O4/c8-5-2-1-4(7(10)11)3-6(5)9/h1,5-6,8-9H,2-3H2,(H,10,11)/p-1/t5-,6-/m1/s1. The lowest BCUT2D eigenvalue weighted by molar-refractivity contribution is -0.299. The summed E-state index contributed by atoms with van der Waals surface area (Å²) in [6.07, 6.45) is -0.258. The zero-order chi connectivity index (χ0) is 8.43. The summed E-state index contributed by atoms with van der Waals surface area (Å²) in [5.74, 6) is -1.27. The van der Waals surface area contributed by atoms with Gasteiger partial charge in [-0.05, 0) is 12.0 Å². The van der Waals surface area contributed by atoms with Crippen molar-refractivity contribution in [3.63, 3.8) is 0 Å². The first-order chi connectivity index (χ1) is 5.11. The van der Waals surface area contributed by atoms with E-state index in [0.29, 0.717) is 0 Å². The van der Waals surface area contributed by atoms with E-state index in [1.54, 1.807) is 0 Å². The number of aliphatic hydroxyl groups is 2.